The summed E-state index contributed by atoms with van der Waals surface area (Å²) < 4.78 is 11.0. The minimum Gasteiger partial charge on any atom is -0.497 e. The van der Waals surface area contributed by atoms with Crippen LogP contribution in [0, 0.1) is 6.92 Å². The van der Waals surface area contributed by atoms with Crippen LogP contribution in [-0.4, -0.2) is 19.1 Å². The Labute approximate surface area is 137 Å². The van der Waals surface area contributed by atoms with E-state index in [1.54, 1.807) is 7.11 Å². The first kappa shape index (κ1) is 16.9. The minimum atomic E-state index is -0.491. The number of benzene rings is 2. The van der Waals surface area contributed by atoms with Gasteiger partial charge in [-0.2, -0.15) is 0 Å². The third-order valence-corrected chi connectivity index (χ3v) is 3.65. The van der Waals surface area contributed by atoms with Crippen molar-refractivity contribution < 1.29 is 14.3 Å². The van der Waals surface area contributed by atoms with Crippen LogP contribution in [0.3, 0.4) is 0 Å². The molecule has 0 heterocycles. The molecular weight excluding hydrogens is 290 g/mol. The molecule has 0 saturated carbocycles. The van der Waals surface area contributed by atoms with Crippen molar-refractivity contribution in [3.63, 3.8) is 0 Å². The third-order valence-electron chi connectivity index (χ3n) is 3.65. The molecule has 0 unspecified atom stereocenters. The van der Waals surface area contributed by atoms with Crippen molar-refractivity contribution in [3.05, 3.63) is 59.7 Å². The Kier molecular flexibility index (Phi) is 6.03. The smallest absolute Gasteiger partial charge is 0.261 e. The van der Waals surface area contributed by atoms with Gasteiger partial charge < -0.3 is 14.8 Å². The van der Waals surface area contributed by atoms with E-state index in [9.17, 15) is 4.79 Å². The van der Waals surface area contributed by atoms with Gasteiger partial charge in [0.05, 0.1) is 7.11 Å². The molecule has 23 heavy (non-hydrogen) atoms. The first-order chi connectivity index (χ1) is 11.1. The average molecular weight is 313 g/mol. The maximum absolute atomic E-state index is 12.3. The summed E-state index contributed by atoms with van der Waals surface area (Å²) in [5, 5.41) is 2.92. The second kappa shape index (κ2) is 8.22. The summed E-state index contributed by atoms with van der Waals surface area (Å²) in [6, 6.07) is 15.3. The van der Waals surface area contributed by atoms with Gasteiger partial charge in [-0.3, -0.25) is 4.79 Å². The Bertz CT molecular complexity index is 637. The number of para-hydroxylation sites is 1. The number of amides is 1. The van der Waals surface area contributed by atoms with Gasteiger partial charge in [0.2, 0.25) is 0 Å². The second-order valence-corrected chi connectivity index (χ2v) is 5.35. The summed E-state index contributed by atoms with van der Waals surface area (Å²) in [7, 11) is 1.63. The molecule has 2 aromatic carbocycles. The number of ether oxygens (including phenoxy) is 2. The van der Waals surface area contributed by atoms with E-state index in [0.29, 0.717) is 13.0 Å². The van der Waals surface area contributed by atoms with E-state index in [4.69, 9.17) is 9.47 Å². The third kappa shape index (κ3) is 4.74. The number of methoxy groups -OCH3 is 1. The molecule has 1 N–H and O–H groups in total. The van der Waals surface area contributed by atoms with E-state index < -0.39 is 6.10 Å². The van der Waals surface area contributed by atoms with Gasteiger partial charge in [-0.05, 0) is 42.7 Å². The molecule has 122 valence electrons. The second-order valence-electron chi connectivity index (χ2n) is 5.35. The van der Waals surface area contributed by atoms with Crippen molar-refractivity contribution in [2.45, 2.75) is 32.9 Å². The maximum Gasteiger partial charge on any atom is 0.261 e. The van der Waals surface area contributed by atoms with Crippen molar-refractivity contribution in [3.8, 4) is 11.5 Å². The monoisotopic (exact) mass is 313 g/mol. The summed E-state index contributed by atoms with van der Waals surface area (Å²) in [6.07, 6.45) is 0.123. The minimum absolute atomic E-state index is 0.105. The predicted octanol–water partition coefficient (Wildman–Crippen LogP) is 3.48. The van der Waals surface area contributed by atoms with Gasteiger partial charge >= 0.3 is 0 Å². The Morgan fingerprint density at radius 3 is 2.43 bits per heavy atom. The number of hydrogen-bond acceptors (Lipinski definition) is 3. The quantitative estimate of drug-likeness (QED) is 0.851. The van der Waals surface area contributed by atoms with Crippen LogP contribution in [0.25, 0.3) is 0 Å². The lowest BCUT2D eigenvalue weighted by Gasteiger charge is -2.18. The van der Waals surface area contributed by atoms with Crippen LogP contribution in [0.2, 0.25) is 0 Å². The largest absolute Gasteiger partial charge is 0.497 e. The highest BCUT2D eigenvalue weighted by Gasteiger charge is 2.18. The highest BCUT2D eigenvalue weighted by molar-refractivity contribution is 5.81. The molecule has 0 bridgehead atoms. The predicted molar refractivity (Wildman–Crippen MR) is 90.7 cm³/mol. The molecule has 1 amide bonds. The first-order valence-corrected chi connectivity index (χ1v) is 7.77. The molecule has 0 radical (unpaired) electrons. The fourth-order valence-electron chi connectivity index (χ4n) is 2.21. The van der Waals surface area contributed by atoms with Crippen molar-refractivity contribution in [2.24, 2.45) is 0 Å². The fraction of sp³-hybridized carbons (Fsp3) is 0.316. The van der Waals surface area contributed by atoms with Gasteiger partial charge in [-0.1, -0.05) is 37.3 Å². The summed E-state index contributed by atoms with van der Waals surface area (Å²) in [6.45, 7) is 4.38. The van der Waals surface area contributed by atoms with E-state index in [1.807, 2.05) is 62.4 Å². The summed E-state index contributed by atoms with van der Waals surface area (Å²) in [5.74, 6) is 1.44. The van der Waals surface area contributed by atoms with Crippen LogP contribution in [0.5, 0.6) is 11.5 Å². The maximum atomic E-state index is 12.3. The van der Waals surface area contributed by atoms with Gasteiger partial charge in [-0.25, -0.2) is 0 Å². The van der Waals surface area contributed by atoms with E-state index in [1.165, 1.54) is 0 Å². The Hall–Kier alpha value is -2.49. The van der Waals surface area contributed by atoms with Gasteiger partial charge in [0.1, 0.15) is 11.5 Å². The zero-order valence-electron chi connectivity index (χ0n) is 13.8. The molecule has 0 saturated heterocycles. The molecule has 0 spiro atoms. The normalized spacial score (nSPS) is 11.6. The summed E-state index contributed by atoms with van der Waals surface area (Å²) >= 11 is 0. The molecule has 0 aliphatic heterocycles. The molecule has 2 aromatic rings. The van der Waals surface area contributed by atoms with Gasteiger partial charge in [0, 0.05) is 6.54 Å². The fourth-order valence-corrected chi connectivity index (χ4v) is 2.21. The van der Waals surface area contributed by atoms with Crippen LogP contribution < -0.4 is 14.8 Å². The van der Waals surface area contributed by atoms with Gasteiger partial charge in [0.25, 0.3) is 5.91 Å². The number of hydrogen-bond donors (Lipinski definition) is 1. The standard InChI is InChI=1S/C19H23NO3/c1-4-17(23-18-8-6-5-7-14(18)2)19(21)20-13-15-9-11-16(22-3)12-10-15/h5-12,17H,4,13H2,1-3H3,(H,20,21)/t17-/m0/s1. The number of aryl methyl sites for hydroxylation is 1. The average Bonchev–Trinajstić information content (AvgIpc) is 2.59. The van der Waals surface area contributed by atoms with Crippen LogP contribution >= 0.6 is 0 Å². The summed E-state index contributed by atoms with van der Waals surface area (Å²) in [4.78, 5) is 12.3. The Morgan fingerprint density at radius 2 is 1.83 bits per heavy atom. The van der Waals surface area contributed by atoms with Gasteiger partial charge in [0.15, 0.2) is 6.10 Å². The van der Waals surface area contributed by atoms with Crippen LogP contribution in [0.4, 0.5) is 0 Å². The lowest BCUT2D eigenvalue weighted by atomic mass is 10.2. The number of nitrogens with one attached hydrogen (secondary N) is 1. The molecule has 0 fully saturated rings. The molecule has 4 nitrogen and oxygen atoms in total. The van der Waals surface area contributed by atoms with E-state index >= 15 is 0 Å². The highest BCUT2D eigenvalue weighted by Crippen LogP contribution is 2.19. The van der Waals surface area contributed by atoms with E-state index in [2.05, 4.69) is 5.32 Å². The zero-order valence-corrected chi connectivity index (χ0v) is 13.8. The van der Waals surface area contributed by atoms with Crippen LogP contribution in [-0.2, 0) is 11.3 Å². The van der Waals surface area contributed by atoms with Crippen molar-refractivity contribution >= 4 is 5.91 Å². The first-order valence-electron chi connectivity index (χ1n) is 7.77. The molecule has 1 atom stereocenters. The summed E-state index contributed by atoms with van der Waals surface area (Å²) in [5.41, 5.74) is 2.04. The van der Waals surface area contributed by atoms with Crippen molar-refractivity contribution in [1.29, 1.82) is 0 Å². The van der Waals surface area contributed by atoms with Crippen molar-refractivity contribution in [2.75, 3.05) is 7.11 Å². The van der Waals surface area contributed by atoms with E-state index in [-0.39, 0.29) is 5.91 Å². The molecule has 2 rings (SSSR count). The Morgan fingerprint density at radius 1 is 1.13 bits per heavy atom. The lowest BCUT2D eigenvalue weighted by Crippen LogP contribution is -2.37. The van der Waals surface area contributed by atoms with Crippen LogP contribution in [0.1, 0.15) is 24.5 Å². The number of carbonyl (C=O) groups is 1. The molecule has 0 aliphatic carbocycles. The molecule has 0 aliphatic rings. The molecule has 0 aromatic heterocycles. The number of rotatable bonds is 7. The zero-order chi connectivity index (χ0) is 16.7. The van der Waals surface area contributed by atoms with Crippen molar-refractivity contribution in [1.82, 2.24) is 5.32 Å². The Balaban J connectivity index is 1.93. The lowest BCUT2D eigenvalue weighted by molar-refractivity contribution is -0.128. The van der Waals surface area contributed by atoms with E-state index in [0.717, 1.165) is 22.6 Å². The van der Waals surface area contributed by atoms with Gasteiger partial charge in [-0.15, -0.1) is 0 Å². The highest BCUT2D eigenvalue weighted by atomic mass is 16.5. The molecular formula is C19H23NO3. The molecule has 4 heteroatoms. The number of carbonyl (C=O) groups excluding carboxylic acids is 1. The SMILES string of the molecule is CC[C@H](Oc1ccccc1C)C(=O)NCc1ccc(OC)cc1. The van der Waals surface area contributed by atoms with Crippen LogP contribution in [0.15, 0.2) is 48.5 Å². The topological polar surface area (TPSA) is 47.6 Å².